The first-order chi connectivity index (χ1) is 12.1. The molecular formula is C19H28N4O3. The van der Waals surface area contributed by atoms with Gasteiger partial charge in [-0.2, -0.15) is 0 Å². The van der Waals surface area contributed by atoms with Crippen LogP contribution in [0.25, 0.3) is 0 Å². The number of hydrogen-bond donors (Lipinski definition) is 2. The molecule has 1 heterocycles. The van der Waals surface area contributed by atoms with E-state index in [9.17, 15) is 14.4 Å². The minimum absolute atomic E-state index is 0.0260. The van der Waals surface area contributed by atoms with E-state index >= 15 is 0 Å². The van der Waals surface area contributed by atoms with Gasteiger partial charge in [-0.15, -0.1) is 0 Å². The van der Waals surface area contributed by atoms with E-state index in [2.05, 4.69) is 5.32 Å². The Labute approximate surface area is 154 Å². The summed E-state index contributed by atoms with van der Waals surface area (Å²) in [5.41, 5.74) is 7.36. The molecule has 0 saturated heterocycles. The summed E-state index contributed by atoms with van der Waals surface area (Å²) in [5.74, 6) is -0.885. The topological polar surface area (TPSA) is 95.7 Å². The summed E-state index contributed by atoms with van der Waals surface area (Å²) in [6.45, 7) is 6.15. The Balaban J connectivity index is 2.02. The lowest BCUT2D eigenvalue weighted by molar-refractivity contribution is -0.137. The van der Waals surface area contributed by atoms with Crippen LogP contribution in [0.3, 0.4) is 0 Å². The van der Waals surface area contributed by atoms with Gasteiger partial charge in [0.05, 0.1) is 19.1 Å². The van der Waals surface area contributed by atoms with Crippen molar-refractivity contribution >= 4 is 17.7 Å². The highest BCUT2D eigenvalue weighted by Crippen LogP contribution is 2.23. The Hall–Kier alpha value is -2.41. The number of fused-ring (bicyclic) bond motifs is 1. The van der Waals surface area contributed by atoms with Gasteiger partial charge in [0.1, 0.15) is 0 Å². The lowest BCUT2D eigenvalue weighted by atomic mass is 9.93. The summed E-state index contributed by atoms with van der Waals surface area (Å²) in [4.78, 5) is 39.6. The number of likely N-dealkylation sites (N-methyl/N-ethyl adjacent to an activating group) is 1. The number of carbonyl (C=O) groups excluding carboxylic acids is 3. The van der Waals surface area contributed by atoms with Crippen molar-refractivity contribution in [2.75, 3.05) is 20.1 Å². The zero-order chi connectivity index (χ0) is 19.5. The van der Waals surface area contributed by atoms with Gasteiger partial charge >= 0.3 is 0 Å². The van der Waals surface area contributed by atoms with Crippen LogP contribution >= 0.6 is 0 Å². The predicted octanol–water partition coefficient (Wildman–Crippen LogP) is 0.272. The molecule has 3 N–H and O–H groups in total. The normalized spacial score (nSPS) is 17.3. The minimum atomic E-state index is -0.523. The molecule has 0 fully saturated rings. The van der Waals surface area contributed by atoms with Gasteiger partial charge in [-0.05, 0) is 38.3 Å². The van der Waals surface area contributed by atoms with Gasteiger partial charge in [-0.3, -0.25) is 19.3 Å². The van der Waals surface area contributed by atoms with Gasteiger partial charge in [-0.1, -0.05) is 24.3 Å². The molecule has 3 amide bonds. The first-order valence-corrected chi connectivity index (χ1v) is 8.72. The second-order valence-electron chi connectivity index (χ2n) is 7.84. The summed E-state index contributed by atoms with van der Waals surface area (Å²) >= 11 is 0. The van der Waals surface area contributed by atoms with Crippen molar-refractivity contribution < 1.29 is 14.4 Å². The first kappa shape index (κ1) is 19.9. The Morgan fingerprint density at radius 3 is 2.42 bits per heavy atom. The molecule has 1 aliphatic heterocycles. The van der Waals surface area contributed by atoms with Crippen LogP contribution in [0.1, 0.15) is 31.9 Å². The Morgan fingerprint density at radius 1 is 1.23 bits per heavy atom. The second kappa shape index (κ2) is 7.86. The van der Waals surface area contributed by atoms with E-state index in [1.807, 2.05) is 45.0 Å². The lowest BCUT2D eigenvalue weighted by Gasteiger charge is -2.35. The largest absolute Gasteiger partial charge is 0.368 e. The van der Waals surface area contributed by atoms with Crippen LogP contribution in [0.4, 0.5) is 0 Å². The summed E-state index contributed by atoms with van der Waals surface area (Å²) in [7, 11) is 1.59. The quantitative estimate of drug-likeness (QED) is 0.788. The van der Waals surface area contributed by atoms with Crippen molar-refractivity contribution in [3.05, 3.63) is 35.4 Å². The average molecular weight is 360 g/mol. The smallest absolute Gasteiger partial charge is 0.240 e. The van der Waals surface area contributed by atoms with E-state index in [0.29, 0.717) is 13.0 Å². The minimum Gasteiger partial charge on any atom is -0.368 e. The molecule has 1 aromatic rings. The molecule has 2 rings (SSSR count). The number of carbonyl (C=O) groups is 3. The standard InChI is InChI=1S/C19H28N4O3/c1-19(2,3)21-16(24)11-22(4)17(25)12-23-10-14-8-6-5-7-13(14)9-15(23)18(20)26/h5-8,15H,9-12H2,1-4H3,(H2,20,26)(H,21,24)/t15-/m0/s1. The Bertz CT molecular complexity index is 696. The van der Waals surface area contributed by atoms with Crippen molar-refractivity contribution in [1.82, 2.24) is 15.1 Å². The number of amides is 3. The molecule has 1 aliphatic rings. The molecule has 1 aromatic carbocycles. The molecule has 0 radical (unpaired) electrons. The SMILES string of the molecule is CN(CC(=O)NC(C)(C)C)C(=O)CN1Cc2ccccc2C[C@H]1C(N)=O. The highest BCUT2D eigenvalue weighted by atomic mass is 16.2. The van der Waals surface area contributed by atoms with Crippen molar-refractivity contribution in [3.63, 3.8) is 0 Å². The molecule has 7 heteroatoms. The lowest BCUT2D eigenvalue weighted by Crippen LogP contribution is -2.53. The summed E-state index contributed by atoms with van der Waals surface area (Å²) in [5, 5.41) is 2.83. The zero-order valence-corrected chi connectivity index (χ0v) is 15.9. The first-order valence-electron chi connectivity index (χ1n) is 8.72. The fourth-order valence-corrected chi connectivity index (χ4v) is 3.08. The van der Waals surface area contributed by atoms with Crippen molar-refractivity contribution in [3.8, 4) is 0 Å². The van der Waals surface area contributed by atoms with Gasteiger partial charge in [0.2, 0.25) is 17.7 Å². The molecule has 7 nitrogen and oxygen atoms in total. The van der Waals surface area contributed by atoms with Crippen LogP contribution in [0.15, 0.2) is 24.3 Å². The maximum atomic E-state index is 12.5. The predicted molar refractivity (Wildman–Crippen MR) is 99.1 cm³/mol. The monoisotopic (exact) mass is 360 g/mol. The molecule has 0 spiro atoms. The molecule has 26 heavy (non-hydrogen) atoms. The van der Waals surface area contributed by atoms with Crippen LogP contribution in [0.5, 0.6) is 0 Å². The summed E-state index contributed by atoms with van der Waals surface area (Å²) < 4.78 is 0. The molecule has 0 saturated carbocycles. The zero-order valence-electron chi connectivity index (χ0n) is 15.9. The van der Waals surface area contributed by atoms with Crippen molar-refractivity contribution in [1.29, 1.82) is 0 Å². The van der Waals surface area contributed by atoms with Crippen LogP contribution in [0, 0.1) is 0 Å². The van der Waals surface area contributed by atoms with Crippen LogP contribution in [-0.2, 0) is 27.3 Å². The third kappa shape index (κ3) is 5.29. The van der Waals surface area contributed by atoms with Crippen LogP contribution in [-0.4, -0.2) is 59.2 Å². The maximum absolute atomic E-state index is 12.5. The number of nitrogens with zero attached hydrogens (tertiary/aromatic N) is 2. The third-order valence-corrected chi connectivity index (χ3v) is 4.33. The van der Waals surface area contributed by atoms with E-state index in [1.54, 1.807) is 11.9 Å². The number of benzene rings is 1. The molecule has 0 aromatic heterocycles. The number of nitrogens with one attached hydrogen (secondary N) is 1. The maximum Gasteiger partial charge on any atom is 0.240 e. The van der Waals surface area contributed by atoms with E-state index < -0.39 is 11.9 Å². The summed E-state index contributed by atoms with van der Waals surface area (Å²) in [6.07, 6.45) is 0.493. The van der Waals surface area contributed by atoms with Crippen molar-refractivity contribution in [2.24, 2.45) is 5.73 Å². The highest BCUT2D eigenvalue weighted by molar-refractivity contribution is 5.87. The van der Waals surface area contributed by atoms with Gasteiger partial charge in [0.25, 0.3) is 0 Å². The Kier molecular flexibility index (Phi) is 6.02. The van der Waals surface area contributed by atoms with Gasteiger partial charge in [-0.25, -0.2) is 0 Å². The third-order valence-electron chi connectivity index (χ3n) is 4.33. The van der Waals surface area contributed by atoms with Crippen molar-refractivity contribution in [2.45, 2.75) is 45.3 Å². The van der Waals surface area contributed by atoms with E-state index in [4.69, 9.17) is 5.73 Å². The number of primary amides is 1. The van der Waals surface area contributed by atoms with E-state index in [-0.39, 0.29) is 30.4 Å². The van der Waals surface area contributed by atoms with E-state index in [0.717, 1.165) is 11.1 Å². The van der Waals surface area contributed by atoms with Crippen LogP contribution < -0.4 is 11.1 Å². The Morgan fingerprint density at radius 2 is 1.85 bits per heavy atom. The molecule has 1 atom stereocenters. The van der Waals surface area contributed by atoms with Gasteiger partial charge in [0.15, 0.2) is 0 Å². The fourth-order valence-electron chi connectivity index (χ4n) is 3.08. The second-order valence-corrected chi connectivity index (χ2v) is 7.84. The molecule has 0 aliphatic carbocycles. The summed E-state index contributed by atoms with van der Waals surface area (Å²) in [6, 6.07) is 7.31. The van der Waals surface area contributed by atoms with E-state index in [1.165, 1.54) is 4.90 Å². The molecule has 142 valence electrons. The number of rotatable bonds is 5. The molecule has 0 bridgehead atoms. The van der Waals surface area contributed by atoms with Crippen LogP contribution in [0.2, 0.25) is 0 Å². The molecular weight excluding hydrogens is 332 g/mol. The fraction of sp³-hybridized carbons (Fsp3) is 0.526. The number of hydrogen-bond acceptors (Lipinski definition) is 4. The van der Waals surface area contributed by atoms with Gasteiger partial charge < -0.3 is 16.0 Å². The molecule has 0 unspecified atom stereocenters. The average Bonchev–Trinajstić information content (AvgIpc) is 2.51. The highest BCUT2D eigenvalue weighted by Gasteiger charge is 2.32. The number of nitrogens with two attached hydrogens (primary N) is 1. The van der Waals surface area contributed by atoms with Gasteiger partial charge in [0, 0.05) is 19.1 Å².